The van der Waals surface area contributed by atoms with E-state index in [1.807, 2.05) is 47.2 Å². The van der Waals surface area contributed by atoms with Crippen LogP contribution >= 0.6 is 0 Å². The summed E-state index contributed by atoms with van der Waals surface area (Å²) >= 11 is 0. The number of nitrogens with zero attached hydrogens (tertiary/aromatic N) is 1. The van der Waals surface area contributed by atoms with Crippen molar-refractivity contribution < 1.29 is 19.8 Å². The summed E-state index contributed by atoms with van der Waals surface area (Å²) in [7, 11) is 0. The zero-order valence-corrected chi connectivity index (χ0v) is 13.2. The van der Waals surface area contributed by atoms with E-state index >= 15 is 0 Å². The van der Waals surface area contributed by atoms with Gasteiger partial charge in [0.25, 0.3) is 0 Å². The fraction of sp³-hybridized carbons (Fsp3) is 0.222. The van der Waals surface area contributed by atoms with Crippen LogP contribution in [0.15, 0.2) is 54.2 Å². The van der Waals surface area contributed by atoms with Crippen molar-refractivity contribution in [1.82, 2.24) is 9.88 Å². The molecule has 1 aromatic heterocycles. The van der Waals surface area contributed by atoms with E-state index in [0.717, 1.165) is 22.9 Å². The fourth-order valence-corrected chi connectivity index (χ4v) is 3.20. The van der Waals surface area contributed by atoms with Crippen LogP contribution in [0.4, 0.5) is 0 Å². The number of rotatable bonds is 4. The first-order chi connectivity index (χ1) is 11.4. The molecule has 24 heavy (non-hydrogen) atoms. The predicted molar refractivity (Wildman–Crippen MR) is 88.6 cm³/mol. The quantitative estimate of drug-likeness (QED) is 0.748. The Hall–Kier alpha value is -2.86. The molecule has 0 bridgehead atoms. The molecule has 0 saturated carbocycles. The first-order valence-corrected chi connectivity index (χ1v) is 7.61. The normalized spacial score (nSPS) is 20.5. The second-order valence-corrected chi connectivity index (χ2v) is 5.93. The summed E-state index contributed by atoms with van der Waals surface area (Å²) in [5, 5.41) is 21.7. The van der Waals surface area contributed by atoms with Crippen molar-refractivity contribution in [3.63, 3.8) is 0 Å². The number of fused-ring (bicyclic) bond motifs is 1. The lowest BCUT2D eigenvalue weighted by molar-refractivity contribution is -0.136. The number of aliphatic carboxylic acids is 2. The minimum atomic E-state index is -1.28. The molecular formula is C18H18N2O4. The van der Waals surface area contributed by atoms with Crippen molar-refractivity contribution in [2.45, 2.75) is 19.0 Å². The van der Waals surface area contributed by atoms with Crippen molar-refractivity contribution in [1.29, 1.82) is 0 Å². The van der Waals surface area contributed by atoms with Crippen LogP contribution < -0.4 is 5.32 Å². The van der Waals surface area contributed by atoms with Crippen LogP contribution in [-0.4, -0.2) is 33.3 Å². The summed E-state index contributed by atoms with van der Waals surface area (Å²) in [6, 6.07) is 11.7. The van der Waals surface area contributed by atoms with Gasteiger partial charge in [0.2, 0.25) is 0 Å². The molecule has 1 aliphatic rings. The molecule has 2 aromatic rings. The maximum atomic E-state index is 11.6. The van der Waals surface area contributed by atoms with Crippen molar-refractivity contribution >= 4 is 11.9 Å². The predicted octanol–water partition coefficient (Wildman–Crippen LogP) is 2.07. The second kappa shape index (κ2) is 5.98. The molecule has 6 heteroatoms. The molecule has 1 aromatic carbocycles. The van der Waals surface area contributed by atoms with Crippen LogP contribution in [0.3, 0.4) is 0 Å². The Morgan fingerprint density at radius 1 is 1.21 bits per heavy atom. The maximum absolute atomic E-state index is 11.6. The zero-order chi connectivity index (χ0) is 17.3. The number of aromatic nitrogens is 1. The lowest BCUT2D eigenvalue weighted by atomic mass is 9.86. The SMILES string of the molecule is CC1(C(=CC(=O)O)C(=O)O)NCCn2cc(-c3ccccc3)cc21. The van der Waals surface area contributed by atoms with Gasteiger partial charge >= 0.3 is 11.9 Å². The topological polar surface area (TPSA) is 91.6 Å². The molecule has 1 atom stereocenters. The first kappa shape index (κ1) is 16.0. The van der Waals surface area contributed by atoms with E-state index in [0.29, 0.717) is 13.1 Å². The van der Waals surface area contributed by atoms with Crippen LogP contribution in [0.1, 0.15) is 12.6 Å². The van der Waals surface area contributed by atoms with E-state index in [1.54, 1.807) is 6.92 Å². The van der Waals surface area contributed by atoms with Crippen molar-refractivity contribution in [2.75, 3.05) is 6.54 Å². The van der Waals surface area contributed by atoms with Gasteiger partial charge in [0.15, 0.2) is 0 Å². The molecule has 3 rings (SSSR count). The van der Waals surface area contributed by atoms with Crippen LogP contribution in [0.2, 0.25) is 0 Å². The number of hydrogen-bond acceptors (Lipinski definition) is 3. The smallest absolute Gasteiger partial charge is 0.334 e. The molecule has 1 aliphatic heterocycles. The Labute approximate surface area is 139 Å². The van der Waals surface area contributed by atoms with Crippen LogP contribution in [0, 0.1) is 0 Å². The molecule has 6 nitrogen and oxygen atoms in total. The van der Waals surface area contributed by atoms with Gasteiger partial charge < -0.3 is 20.1 Å². The van der Waals surface area contributed by atoms with Gasteiger partial charge in [-0.2, -0.15) is 0 Å². The monoisotopic (exact) mass is 326 g/mol. The van der Waals surface area contributed by atoms with Crippen LogP contribution in [-0.2, 0) is 21.7 Å². The summed E-state index contributed by atoms with van der Waals surface area (Å²) in [4.78, 5) is 22.7. The van der Waals surface area contributed by atoms with Gasteiger partial charge in [-0.1, -0.05) is 30.3 Å². The minimum Gasteiger partial charge on any atom is -0.478 e. The first-order valence-electron chi connectivity index (χ1n) is 7.61. The Morgan fingerprint density at radius 2 is 1.92 bits per heavy atom. The standard InChI is InChI=1S/C18H18N2O4/c1-18(14(17(23)24)10-16(21)22)15-9-13(11-20(15)8-7-19-18)12-5-3-2-4-6-12/h2-6,9-11,19H,7-8H2,1H3,(H,21,22)(H,23,24). The Kier molecular flexibility index (Phi) is 3.99. The molecule has 0 fully saturated rings. The number of nitrogens with one attached hydrogen (secondary N) is 1. The van der Waals surface area contributed by atoms with Gasteiger partial charge in [0.05, 0.1) is 11.1 Å². The van der Waals surface area contributed by atoms with Gasteiger partial charge in [0.1, 0.15) is 0 Å². The largest absolute Gasteiger partial charge is 0.478 e. The molecule has 124 valence electrons. The highest BCUT2D eigenvalue weighted by Gasteiger charge is 2.40. The summed E-state index contributed by atoms with van der Waals surface area (Å²) in [5.74, 6) is -2.52. The Balaban J connectivity index is 2.13. The highest BCUT2D eigenvalue weighted by Crippen LogP contribution is 2.35. The third-order valence-electron chi connectivity index (χ3n) is 4.38. The average Bonchev–Trinajstić information content (AvgIpc) is 2.99. The molecule has 1 unspecified atom stereocenters. The summed E-state index contributed by atoms with van der Waals surface area (Å²) in [6.07, 6.45) is 2.74. The van der Waals surface area contributed by atoms with E-state index in [4.69, 9.17) is 5.11 Å². The van der Waals surface area contributed by atoms with Crippen LogP contribution in [0.5, 0.6) is 0 Å². The van der Waals surface area contributed by atoms with E-state index in [2.05, 4.69) is 5.32 Å². The minimum absolute atomic E-state index is 0.186. The van der Waals surface area contributed by atoms with Gasteiger partial charge in [-0.25, -0.2) is 9.59 Å². The molecule has 0 saturated heterocycles. The number of carbonyl (C=O) groups is 2. The molecule has 0 amide bonds. The molecule has 0 spiro atoms. The highest BCUT2D eigenvalue weighted by molar-refractivity contribution is 5.96. The third kappa shape index (κ3) is 2.72. The van der Waals surface area contributed by atoms with Gasteiger partial charge in [-0.3, -0.25) is 0 Å². The molecular weight excluding hydrogens is 308 g/mol. The van der Waals surface area contributed by atoms with E-state index < -0.39 is 17.5 Å². The lowest BCUT2D eigenvalue weighted by Crippen LogP contribution is -2.50. The fourth-order valence-electron chi connectivity index (χ4n) is 3.20. The third-order valence-corrected chi connectivity index (χ3v) is 4.38. The van der Waals surface area contributed by atoms with Crippen molar-refractivity contribution in [3.8, 4) is 11.1 Å². The Morgan fingerprint density at radius 3 is 2.54 bits per heavy atom. The van der Waals surface area contributed by atoms with E-state index in [9.17, 15) is 14.7 Å². The summed E-state index contributed by atoms with van der Waals surface area (Å²) in [6.45, 7) is 2.95. The summed E-state index contributed by atoms with van der Waals surface area (Å²) < 4.78 is 1.98. The number of carboxylic acid groups (broad SMARTS) is 2. The molecule has 0 radical (unpaired) electrons. The van der Waals surface area contributed by atoms with Gasteiger partial charge in [-0.05, 0) is 24.1 Å². The maximum Gasteiger partial charge on any atom is 0.334 e. The molecule has 0 aliphatic carbocycles. The lowest BCUT2D eigenvalue weighted by Gasteiger charge is -2.36. The van der Waals surface area contributed by atoms with E-state index in [-0.39, 0.29) is 5.57 Å². The number of carboxylic acids is 2. The molecule has 2 heterocycles. The second-order valence-electron chi connectivity index (χ2n) is 5.93. The van der Waals surface area contributed by atoms with Gasteiger partial charge in [-0.15, -0.1) is 0 Å². The van der Waals surface area contributed by atoms with E-state index in [1.165, 1.54) is 0 Å². The number of hydrogen-bond donors (Lipinski definition) is 3. The Bertz CT molecular complexity index is 823. The van der Waals surface area contributed by atoms with Crippen molar-refractivity contribution in [2.24, 2.45) is 0 Å². The van der Waals surface area contributed by atoms with Gasteiger partial charge in [0, 0.05) is 31.1 Å². The number of benzene rings is 1. The molecule has 3 N–H and O–H groups in total. The highest BCUT2D eigenvalue weighted by atomic mass is 16.4. The average molecular weight is 326 g/mol. The van der Waals surface area contributed by atoms with Crippen LogP contribution in [0.25, 0.3) is 11.1 Å². The summed E-state index contributed by atoms with van der Waals surface area (Å²) in [5.41, 5.74) is 1.48. The van der Waals surface area contributed by atoms with Crippen molar-refractivity contribution in [3.05, 3.63) is 59.9 Å². The zero-order valence-electron chi connectivity index (χ0n) is 13.2.